The topological polar surface area (TPSA) is 63.6 Å². The molecule has 0 bridgehead atoms. The number of methoxy groups -OCH3 is 1. The van der Waals surface area contributed by atoms with Gasteiger partial charge in [-0.3, -0.25) is 0 Å². The molecule has 2 atom stereocenters. The highest BCUT2D eigenvalue weighted by Gasteiger charge is 2.00. The standard InChI is InChI=1S/C9H13OP.C8H11OP.C2H4O2S/c1-6-4-7(2)9(11)5-8(6)10-3;1-5-3-6(2)8(10)4-7(5)9;1-2-5(3)4/h4-5H,11H2,1-3H3;3-4,9H,10H2,1-2H3;2H,1H3. The number of hydrogen-bond donors (Lipinski definition) is 1. The summed E-state index contributed by atoms with van der Waals surface area (Å²) >= 11 is 0. The molecule has 7 heteroatoms. The van der Waals surface area contributed by atoms with Crippen molar-refractivity contribution in [3.05, 3.63) is 46.5 Å². The van der Waals surface area contributed by atoms with Gasteiger partial charge in [0.15, 0.2) is 0 Å². The van der Waals surface area contributed by atoms with E-state index in [0.717, 1.165) is 22.0 Å². The molecule has 0 amide bonds. The van der Waals surface area contributed by atoms with Crippen LogP contribution in [0.25, 0.3) is 0 Å². The number of aromatic hydroxyl groups is 1. The Balaban J connectivity index is 0.000000387. The number of ether oxygens (including phenoxy) is 1. The molecule has 0 heterocycles. The number of phenolic OH excluding ortho intramolecular Hbond substituents is 1. The molecule has 2 unspecified atom stereocenters. The molecule has 0 aliphatic carbocycles. The van der Waals surface area contributed by atoms with E-state index in [0.29, 0.717) is 5.75 Å². The largest absolute Gasteiger partial charge is 0.508 e. The minimum Gasteiger partial charge on any atom is -0.508 e. The lowest BCUT2D eigenvalue weighted by Crippen LogP contribution is -1.99. The van der Waals surface area contributed by atoms with Gasteiger partial charge in [0.05, 0.1) is 7.11 Å². The molecule has 4 nitrogen and oxygen atoms in total. The fourth-order valence-electron chi connectivity index (χ4n) is 1.93. The Labute approximate surface area is 162 Å². The molecule has 0 saturated carbocycles. The van der Waals surface area contributed by atoms with Crippen molar-refractivity contribution in [3.8, 4) is 11.5 Å². The van der Waals surface area contributed by atoms with Gasteiger partial charge in [0.25, 0.3) is 0 Å². The lowest BCUT2D eigenvalue weighted by molar-refractivity contribution is 0.412. The summed E-state index contributed by atoms with van der Waals surface area (Å²) in [7, 11) is 5.03. The van der Waals surface area contributed by atoms with E-state index >= 15 is 0 Å². The van der Waals surface area contributed by atoms with E-state index in [4.69, 9.17) is 4.74 Å². The number of aryl methyl sites for hydroxylation is 4. The van der Waals surface area contributed by atoms with Gasteiger partial charge >= 0.3 is 0 Å². The first kappa shape index (κ1) is 24.6. The SMILES string of the molecule is CC=S(=O)=O.COc1cc(P)c(C)cc1C.Cc1cc(C)c(P)cc1O. The van der Waals surface area contributed by atoms with Gasteiger partial charge in [-0.1, -0.05) is 12.1 Å². The predicted octanol–water partition coefficient (Wildman–Crippen LogP) is 3.01. The molecule has 2 aromatic rings. The van der Waals surface area contributed by atoms with E-state index in [2.05, 4.69) is 38.4 Å². The number of hydrogen-bond acceptors (Lipinski definition) is 4. The summed E-state index contributed by atoms with van der Waals surface area (Å²) in [5, 5.41) is 12.6. The monoisotopic (exact) mass is 414 g/mol. The lowest BCUT2D eigenvalue weighted by Gasteiger charge is -2.07. The van der Waals surface area contributed by atoms with Gasteiger partial charge < -0.3 is 9.84 Å². The molecule has 2 rings (SSSR count). The highest BCUT2D eigenvalue weighted by Crippen LogP contribution is 2.18. The highest BCUT2D eigenvalue weighted by molar-refractivity contribution is 7.71. The van der Waals surface area contributed by atoms with Crippen LogP contribution in [0, 0.1) is 27.7 Å². The smallest absolute Gasteiger partial charge is 0.209 e. The van der Waals surface area contributed by atoms with Crippen LogP contribution in [0.5, 0.6) is 11.5 Å². The Morgan fingerprint density at radius 2 is 1.31 bits per heavy atom. The number of benzene rings is 2. The van der Waals surface area contributed by atoms with Crippen LogP contribution in [-0.4, -0.2) is 26.0 Å². The maximum absolute atomic E-state index is 9.31. The van der Waals surface area contributed by atoms with E-state index in [1.807, 2.05) is 26.0 Å². The van der Waals surface area contributed by atoms with Gasteiger partial charge in [-0.25, -0.2) is 0 Å². The van der Waals surface area contributed by atoms with Crippen molar-refractivity contribution in [3.63, 3.8) is 0 Å². The zero-order chi connectivity index (χ0) is 20.4. The van der Waals surface area contributed by atoms with Crippen molar-refractivity contribution in [2.45, 2.75) is 34.6 Å². The van der Waals surface area contributed by atoms with Crippen LogP contribution in [0.4, 0.5) is 0 Å². The Hall–Kier alpha value is -1.41. The highest BCUT2D eigenvalue weighted by atomic mass is 32.2. The first-order valence-corrected chi connectivity index (χ1v) is 10.2. The summed E-state index contributed by atoms with van der Waals surface area (Å²) in [6.45, 7) is 9.52. The van der Waals surface area contributed by atoms with Crippen LogP contribution < -0.4 is 15.3 Å². The second-order valence-corrected chi connectivity index (χ2v) is 7.91. The first-order chi connectivity index (χ1) is 12.0. The van der Waals surface area contributed by atoms with E-state index < -0.39 is 10.3 Å². The quantitative estimate of drug-likeness (QED) is 0.576. The van der Waals surface area contributed by atoms with Gasteiger partial charge in [-0.15, -0.1) is 18.5 Å². The Kier molecular flexibility index (Phi) is 11.4. The third-order valence-electron chi connectivity index (χ3n) is 3.56. The summed E-state index contributed by atoms with van der Waals surface area (Å²) in [6.07, 6.45) is 0. The summed E-state index contributed by atoms with van der Waals surface area (Å²) < 4.78 is 23.8. The zero-order valence-electron chi connectivity index (χ0n) is 16.1. The number of phenols is 1. The molecule has 26 heavy (non-hydrogen) atoms. The van der Waals surface area contributed by atoms with Crippen LogP contribution >= 0.6 is 18.5 Å². The fourth-order valence-corrected chi connectivity index (χ4v) is 2.40. The number of rotatable bonds is 1. The molecule has 0 aromatic heterocycles. The van der Waals surface area contributed by atoms with Gasteiger partial charge in [-0.2, -0.15) is 8.42 Å². The Morgan fingerprint density at radius 1 is 0.885 bits per heavy atom. The van der Waals surface area contributed by atoms with Gasteiger partial charge in [-0.05, 0) is 79.6 Å². The maximum atomic E-state index is 9.31. The minimum absolute atomic E-state index is 0.371. The van der Waals surface area contributed by atoms with Crippen LogP contribution in [0.1, 0.15) is 29.2 Å². The molecule has 0 radical (unpaired) electrons. The van der Waals surface area contributed by atoms with Crippen molar-refractivity contribution in [1.82, 2.24) is 0 Å². The second kappa shape index (κ2) is 12.1. The fraction of sp³-hybridized carbons (Fsp3) is 0.316. The van der Waals surface area contributed by atoms with Crippen LogP contribution in [-0.2, 0) is 10.3 Å². The Morgan fingerprint density at radius 3 is 1.69 bits per heavy atom. The molecule has 0 aliphatic rings. The van der Waals surface area contributed by atoms with E-state index in [1.165, 1.54) is 28.9 Å². The van der Waals surface area contributed by atoms with Crippen molar-refractivity contribution in [2.24, 2.45) is 0 Å². The summed E-state index contributed by atoms with van der Waals surface area (Å²) in [5.74, 6) is 1.33. The molecule has 1 N–H and O–H groups in total. The summed E-state index contributed by atoms with van der Waals surface area (Å²) in [4.78, 5) is 0. The molecule has 0 aliphatic heterocycles. The van der Waals surface area contributed by atoms with Crippen molar-refractivity contribution in [1.29, 1.82) is 0 Å². The average molecular weight is 414 g/mol. The van der Waals surface area contributed by atoms with Crippen LogP contribution in [0.2, 0.25) is 0 Å². The molecular formula is C19H28O4P2S. The first-order valence-electron chi connectivity index (χ1n) is 7.87. The van der Waals surface area contributed by atoms with Crippen molar-refractivity contribution in [2.75, 3.05) is 7.11 Å². The van der Waals surface area contributed by atoms with E-state index in [1.54, 1.807) is 13.2 Å². The van der Waals surface area contributed by atoms with Gasteiger partial charge in [0.2, 0.25) is 10.3 Å². The van der Waals surface area contributed by atoms with Crippen molar-refractivity contribution < 1.29 is 18.3 Å². The molecular weight excluding hydrogens is 386 g/mol. The van der Waals surface area contributed by atoms with Gasteiger partial charge in [0.1, 0.15) is 11.5 Å². The van der Waals surface area contributed by atoms with Crippen LogP contribution in [0.15, 0.2) is 24.3 Å². The lowest BCUT2D eigenvalue weighted by atomic mass is 10.1. The Bertz CT molecular complexity index is 817. The summed E-state index contributed by atoms with van der Waals surface area (Å²) in [6, 6.07) is 7.89. The van der Waals surface area contributed by atoms with Gasteiger partial charge in [0, 0.05) is 5.37 Å². The molecule has 144 valence electrons. The second-order valence-electron chi connectivity index (χ2n) is 5.67. The molecule has 0 saturated heterocycles. The van der Waals surface area contributed by atoms with Crippen LogP contribution in [0.3, 0.4) is 0 Å². The van der Waals surface area contributed by atoms with E-state index in [9.17, 15) is 13.5 Å². The van der Waals surface area contributed by atoms with Crippen molar-refractivity contribution >= 4 is 44.7 Å². The normalized spacial score (nSPS) is 9.23. The molecule has 2 aromatic carbocycles. The summed E-state index contributed by atoms with van der Waals surface area (Å²) in [5.41, 5.74) is 4.61. The predicted molar refractivity (Wildman–Crippen MR) is 119 cm³/mol. The average Bonchev–Trinajstić information content (AvgIpc) is 2.57. The third kappa shape index (κ3) is 8.80. The third-order valence-corrected chi connectivity index (χ3v) is 5.19. The van der Waals surface area contributed by atoms with E-state index in [-0.39, 0.29) is 0 Å². The molecule has 0 spiro atoms. The molecule has 0 fully saturated rings. The maximum Gasteiger partial charge on any atom is 0.209 e. The zero-order valence-corrected chi connectivity index (χ0v) is 19.2. The minimum atomic E-state index is -1.95.